The minimum Gasteiger partial charge on any atom is -0.512 e. The summed E-state index contributed by atoms with van der Waals surface area (Å²) in [5, 5.41) is 21.5. The number of allylic oxidation sites excluding steroid dienone is 2. The van der Waals surface area contributed by atoms with Crippen LogP contribution >= 0.6 is 0 Å². The van der Waals surface area contributed by atoms with E-state index in [0.29, 0.717) is 5.56 Å². The van der Waals surface area contributed by atoms with Gasteiger partial charge in [0.2, 0.25) is 0 Å². The molecule has 0 spiro atoms. The van der Waals surface area contributed by atoms with E-state index in [2.05, 4.69) is 43.3 Å². The van der Waals surface area contributed by atoms with E-state index < -0.39 is 11.6 Å². The number of fused-ring (bicyclic) bond motifs is 7. The third-order valence-corrected chi connectivity index (χ3v) is 11.1. The largest absolute Gasteiger partial charge is 0.512 e. The number of aliphatic hydroxyl groups is 1. The average Bonchev–Trinajstić information content (AvgIpc) is 3.12. The van der Waals surface area contributed by atoms with Crippen LogP contribution in [-0.2, 0) is 31.3 Å². The first-order chi connectivity index (χ1) is 24.8. The number of aryl methyl sites for hydroxylation is 1. The fourth-order valence-corrected chi connectivity index (χ4v) is 7.89. The van der Waals surface area contributed by atoms with Crippen molar-refractivity contribution in [1.82, 2.24) is 4.98 Å². The van der Waals surface area contributed by atoms with E-state index >= 15 is 0 Å². The molecule has 7 aromatic rings. The monoisotopic (exact) mass is 895 g/mol. The number of aromatic nitrogens is 1. The van der Waals surface area contributed by atoms with Crippen molar-refractivity contribution in [3.8, 4) is 0 Å². The maximum absolute atomic E-state index is 13.7. The number of aliphatic hydroxyl groups excluding tert-OH is 1. The van der Waals surface area contributed by atoms with Gasteiger partial charge in [0, 0.05) is 49.7 Å². The van der Waals surface area contributed by atoms with E-state index in [0.717, 1.165) is 90.4 Å². The number of halogens is 3. The first kappa shape index (κ1) is 40.1. The van der Waals surface area contributed by atoms with Crippen LogP contribution in [0.1, 0.15) is 78.4 Å². The predicted molar refractivity (Wildman–Crippen MR) is 211 cm³/mol. The Labute approximate surface area is 323 Å². The van der Waals surface area contributed by atoms with Crippen LogP contribution in [0.25, 0.3) is 64.8 Å². The number of benzene rings is 6. The Morgan fingerprint density at radius 2 is 1.40 bits per heavy atom. The van der Waals surface area contributed by atoms with Gasteiger partial charge in [-0.05, 0) is 81.4 Å². The second kappa shape index (κ2) is 15.7. The topological polar surface area (TPSA) is 50.2 Å². The van der Waals surface area contributed by atoms with Gasteiger partial charge in [0.15, 0.2) is 5.78 Å². The first-order valence-electron chi connectivity index (χ1n) is 18.5. The molecule has 0 aliphatic carbocycles. The fourth-order valence-electron chi connectivity index (χ4n) is 7.89. The molecule has 0 atom stereocenters. The van der Waals surface area contributed by atoms with Crippen molar-refractivity contribution >= 4 is 70.5 Å². The summed E-state index contributed by atoms with van der Waals surface area (Å²) < 4.78 is 41.0. The zero-order chi connectivity index (χ0) is 37.5. The summed E-state index contributed by atoms with van der Waals surface area (Å²) in [6.07, 6.45) is 2.39. The molecule has 0 saturated heterocycles. The van der Waals surface area contributed by atoms with Crippen molar-refractivity contribution in [2.45, 2.75) is 86.7 Å². The second-order valence-corrected chi connectivity index (χ2v) is 14.8. The summed E-state index contributed by atoms with van der Waals surface area (Å²) in [6.45, 7) is 12.8. The molecule has 7 rings (SSSR count). The van der Waals surface area contributed by atoms with Gasteiger partial charge in [0.05, 0.1) is 11.2 Å². The number of nitrogens with zero attached hydrogens (tertiary/aromatic N) is 1. The Balaban J connectivity index is 0.000000290. The molecule has 0 aliphatic rings. The minimum absolute atomic E-state index is 0. The van der Waals surface area contributed by atoms with Crippen molar-refractivity contribution < 1.29 is 43.2 Å². The second-order valence-electron chi connectivity index (χ2n) is 14.8. The molecule has 1 radical (unpaired) electrons. The molecular formula is C46H47F3IrNO2-. The number of carbonyl (C=O) groups is 1. The van der Waals surface area contributed by atoms with E-state index in [1.54, 1.807) is 0 Å². The molecule has 0 unspecified atom stereocenters. The number of pyridine rings is 1. The van der Waals surface area contributed by atoms with E-state index in [1.165, 1.54) is 25.5 Å². The molecule has 0 amide bonds. The molecule has 1 heterocycles. The van der Waals surface area contributed by atoms with E-state index in [9.17, 15) is 23.1 Å². The van der Waals surface area contributed by atoms with Gasteiger partial charge in [-0.2, -0.15) is 13.2 Å². The van der Waals surface area contributed by atoms with Gasteiger partial charge in [-0.3, -0.25) is 9.78 Å². The van der Waals surface area contributed by atoms with Gasteiger partial charge in [-0.25, -0.2) is 0 Å². The van der Waals surface area contributed by atoms with E-state index in [1.807, 2.05) is 70.3 Å². The summed E-state index contributed by atoms with van der Waals surface area (Å²) >= 11 is 0. The van der Waals surface area contributed by atoms with Crippen LogP contribution < -0.4 is 0 Å². The summed E-state index contributed by atoms with van der Waals surface area (Å²) in [4.78, 5) is 16.6. The van der Waals surface area contributed by atoms with Crippen molar-refractivity contribution in [2.75, 3.05) is 0 Å². The molecule has 3 nitrogen and oxygen atoms in total. The van der Waals surface area contributed by atoms with Gasteiger partial charge >= 0.3 is 6.18 Å². The Kier molecular flexibility index (Phi) is 11.9. The summed E-state index contributed by atoms with van der Waals surface area (Å²) in [5.74, 6) is 0.547. The molecule has 0 bridgehead atoms. The maximum Gasteiger partial charge on any atom is 0.394 e. The summed E-state index contributed by atoms with van der Waals surface area (Å²) in [6, 6.07) is 26.0. The van der Waals surface area contributed by atoms with Gasteiger partial charge in [0.25, 0.3) is 0 Å². The van der Waals surface area contributed by atoms with Gasteiger partial charge < -0.3 is 5.11 Å². The van der Waals surface area contributed by atoms with Crippen molar-refractivity contribution in [3.63, 3.8) is 0 Å². The molecule has 279 valence electrons. The summed E-state index contributed by atoms with van der Waals surface area (Å²) in [5.41, 5.74) is 0.966. The van der Waals surface area contributed by atoms with Gasteiger partial charge in [-0.1, -0.05) is 119 Å². The zero-order valence-corrected chi connectivity index (χ0v) is 33.9. The zero-order valence-electron chi connectivity index (χ0n) is 31.5. The first-order valence-corrected chi connectivity index (χ1v) is 18.5. The van der Waals surface area contributed by atoms with E-state index in [4.69, 9.17) is 4.98 Å². The molecule has 0 aliphatic heterocycles. The SMILES string of the molecule is CCC(CC)C(=O)/C=C(\O)C(CC)CC.Cc1c2ccccc2[c-]c2c3nccc4c5ccc(CC(C)(C)C(F)(F)F)cc5c5cccc(c12)c5c43.[Ir]. The molecule has 7 heteroatoms. The fraction of sp³-hybridized carbons (Fsp3) is 0.348. The Bertz CT molecular complexity index is 2460. The summed E-state index contributed by atoms with van der Waals surface area (Å²) in [7, 11) is 0. The Morgan fingerprint density at radius 3 is 2.06 bits per heavy atom. The standard InChI is InChI=1S/C33H23F3N.C13H24O2.Ir/c1-18-21-8-5-4-7-20(21)16-27-28(18)25-10-6-9-23-26-15-19(17-32(2,3)33(34,35)36)11-12-22(26)24-13-14-37-31(27)30(24)29(23)25;1-5-10(6-2)12(14)9-13(15)11(7-3)8-4;/h4-15H,17H2,1-3H3;9-11,14H,5-8H2,1-4H3;/q-1;;/b;12-9-;. The number of carbonyl (C=O) groups excluding carboxylic acids is 1. The number of alkyl halides is 3. The number of hydrogen-bond acceptors (Lipinski definition) is 3. The van der Waals surface area contributed by atoms with E-state index in [-0.39, 0.29) is 49.9 Å². The van der Waals surface area contributed by atoms with Crippen molar-refractivity contribution in [1.29, 1.82) is 0 Å². The van der Waals surface area contributed by atoms with Crippen LogP contribution in [0.3, 0.4) is 0 Å². The van der Waals surface area contributed by atoms with Crippen molar-refractivity contribution in [3.05, 3.63) is 102 Å². The smallest absolute Gasteiger partial charge is 0.394 e. The van der Waals surface area contributed by atoms with Crippen LogP contribution in [0.4, 0.5) is 13.2 Å². The van der Waals surface area contributed by atoms with Crippen LogP contribution in [0.15, 0.2) is 84.8 Å². The van der Waals surface area contributed by atoms with Crippen LogP contribution in [0, 0.1) is 30.2 Å². The van der Waals surface area contributed by atoms with Crippen molar-refractivity contribution in [2.24, 2.45) is 17.3 Å². The maximum atomic E-state index is 13.7. The van der Waals surface area contributed by atoms with Crippen LogP contribution in [0.2, 0.25) is 0 Å². The van der Waals surface area contributed by atoms with Gasteiger partial charge in [0.1, 0.15) is 0 Å². The molecule has 1 N–H and O–H groups in total. The Morgan fingerprint density at radius 1 is 0.774 bits per heavy atom. The molecule has 6 aromatic carbocycles. The number of ketones is 1. The normalized spacial score (nSPS) is 12.8. The predicted octanol–water partition coefficient (Wildman–Crippen LogP) is 13.5. The molecule has 0 fully saturated rings. The Hall–Kier alpha value is -4.06. The minimum atomic E-state index is -4.28. The molecule has 0 saturated carbocycles. The van der Waals surface area contributed by atoms with Crippen LogP contribution in [-0.4, -0.2) is 22.1 Å². The quantitative estimate of drug-likeness (QED) is 0.0516. The molecular weight excluding hydrogens is 848 g/mol. The van der Waals surface area contributed by atoms with Gasteiger partial charge in [-0.15, -0.1) is 23.1 Å². The third-order valence-electron chi connectivity index (χ3n) is 11.1. The van der Waals surface area contributed by atoms with Crippen LogP contribution in [0.5, 0.6) is 0 Å². The number of rotatable bonds is 9. The molecule has 1 aromatic heterocycles. The number of hydrogen-bond donors (Lipinski definition) is 1. The molecule has 53 heavy (non-hydrogen) atoms. The average molecular weight is 895 g/mol. The third kappa shape index (κ3) is 7.27.